The van der Waals surface area contributed by atoms with Gasteiger partial charge in [-0.15, -0.1) is 0 Å². The number of hydrogen-bond donors (Lipinski definition) is 2. The van der Waals surface area contributed by atoms with Crippen LogP contribution < -0.4 is 5.32 Å². The SMILES string of the molecule is CCCc1cc(C)c2cc(Cc3c(Br)cc(NCC(=O)O)cc3Br)ccc2n1. The quantitative estimate of drug-likeness (QED) is 0.406. The number of nitrogens with zero attached hydrogens (tertiary/aromatic N) is 1. The number of halogens is 2. The third-order valence-electron chi connectivity index (χ3n) is 4.60. The molecule has 0 aliphatic rings. The van der Waals surface area contributed by atoms with Crippen molar-refractivity contribution in [3.63, 3.8) is 0 Å². The van der Waals surface area contributed by atoms with Crippen molar-refractivity contribution < 1.29 is 9.90 Å². The highest BCUT2D eigenvalue weighted by Gasteiger charge is 2.11. The van der Waals surface area contributed by atoms with Gasteiger partial charge in [0.1, 0.15) is 6.54 Å². The summed E-state index contributed by atoms with van der Waals surface area (Å²) in [5.41, 5.74) is 6.52. The van der Waals surface area contributed by atoms with E-state index in [0.29, 0.717) is 0 Å². The maximum atomic E-state index is 10.8. The summed E-state index contributed by atoms with van der Waals surface area (Å²) in [6.07, 6.45) is 2.85. The lowest BCUT2D eigenvalue weighted by Gasteiger charge is -2.13. The van der Waals surface area contributed by atoms with Crippen molar-refractivity contribution in [1.82, 2.24) is 4.98 Å². The zero-order valence-corrected chi connectivity index (χ0v) is 19.0. The molecule has 2 aromatic carbocycles. The molecule has 3 aromatic rings. The van der Waals surface area contributed by atoms with Gasteiger partial charge < -0.3 is 10.4 Å². The van der Waals surface area contributed by atoms with E-state index < -0.39 is 5.97 Å². The maximum absolute atomic E-state index is 10.8. The van der Waals surface area contributed by atoms with Crippen molar-refractivity contribution >= 4 is 54.4 Å². The number of hydrogen-bond acceptors (Lipinski definition) is 3. The number of aryl methyl sites for hydroxylation is 2. The zero-order chi connectivity index (χ0) is 20.3. The Morgan fingerprint density at radius 2 is 1.86 bits per heavy atom. The number of carbonyl (C=O) groups is 1. The van der Waals surface area contributed by atoms with Crippen molar-refractivity contribution in [2.45, 2.75) is 33.1 Å². The van der Waals surface area contributed by atoms with Gasteiger partial charge in [-0.25, -0.2) is 0 Å². The number of fused-ring (bicyclic) bond motifs is 1. The first-order chi connectivity index (χ1) is 13.4. The van der Waals surface area contributed by atoms with E-state index in [2.05, 4.69) is 75.3 Å². The highest BCUT2D eigenvalue weighted by molar-refractivity contribution is 9.11. The van der Waals surface area contributed by atoms with Crippen LogP contribution in [0.25, 0.3) is 10.9 Å². The number of benzene rings is 2. The Morgan fingerprint density at radius 1 is 1.14 bits per heavy atom. The number of aliphatic carboxylic acids is 1. The minimum atomic E-state index is -0.890. The van der Waals surface area contributed by atoms with E-state index >= 15 is 0 Å². The molecule has 1 heterocycles. The summed E-state index contributed by atoms with van der Waals surface area (Å²) < 4.78 is 1.87. The molecule has 0 aliphatic carbocycles. The average molecular weight is 506 g/mol. The molecule has 4 nitrogen and oxygen atoms in total. The standard InChI is InChI=1S/C22H22Br2N2O2/c1-3-4-15-7-13(2)17-8-14(5-6-21(17)26-15)9-18-19(23)10-16(11-20(18)24)25-12-22(27)28/h5-8,10-11,25H,3-4,9,12H2,1-2H3,(H,27,28). The highest BCUT2D eigenvalue weighted by Crippen LogP contribution is 2.32. The predicted molar refractivity (Wildman–Crippen MR) is 121 cm³/mol. The van der Waals surface area contributed by atoms with Gasteiger partial charge in [-0.1, -0.05) is 51.3 Å². The van der Waals surface area contributed by atoms with Crippen LogP contribution >= 0.6 is 31.9 Å². The summed E-state index contributed by atoms with van der Waals surface area (Å²) in [4.78, 5) is 15.5. The maximum Gasteiger partial charge on any atom is 0.322 e. The molecule has 146 valence electrons. The fourth-order valence-corrected chi connectivity index (χ4v) is 4.73. The second kappa shape index (κ2) is 9.05. The third kappa shape index (κ3) is 4.92. The lowest BCUT2D eigenvalue weighted by molar-refractivity contribution is -0.134. The van der Waals surface area contributed by atoms with Gasteiger partial charge in [0.2, 0.25) is 0 Å². The van der Waals surface area contributed by atoms with Crippen molar-refractivity contribution in [3.05, 3.63) is 67.7 Å². The normalized spacial score (nSPS) is 11.0. The van der Waals surface area contributed by atoms with Gasteiger partial charge >= 0.3 is 5.97 Å². The molecule has 2 N–H and O–H groups in total. The summed E-state index contributed by atoms with van der Waals surface area (Å²) in [5, 5.41) is 12.9. The number of nitrogens with one attached hydrogen (secondary N) is 1. The van der Waals surface area contributed by atoms with Crippen molar-refractivity contribution in [3.8, 4) is 0 Å². The Morgan fingerprint density at radius 3 is 2.50 bits per heavy atom. The van der Waals surface area contributed by atoms with Gasteiger partial charge in [0, 0.05) is 25.7 Å². The molecule has 6 heteroatoms. The van der Waals surface area contributed by atoms with Gasteiger partial charge in [-0.05, 0) is 66.8 Å². The number of rotatable bonds is 7. The molecule has 0 saturated carbocycles. The van der Waals surface area contributed by atoms with Crippen LogP contribution in [0.1, 0.15) is 35.7 Å². The second-order valence-electron chi connectivity index (χ2n) is 6.87. The Labute approximate surface area is 181 Å². The molecular formula is C22H22Br2N2O2. The summed E-state index contributed by atoms with van der Waals surface area (Å²) in [6, 6.07) is 12.4. The fourth-order valence-electron chi connectivity index (χ4n) is 3.26. The first kappa shape index (κ1) is 20.8. The molecule has 28 heavy (non-hydrogen) atoms. The first-order valence-corrected chi connectivity index (χ1v) is 10.8. The van der Waals surface area contributed by atoms with Gasteiger partial charge in [0.05, 0.1) is 5.52 Å². The summed E-state index contributed by atoms with van der Waals surface area (Å²) in [7, 11) is 0. The Balaban J connectivity index is 1.89. The van der Waals surface area contributed by atoms with Crippen molar-refractivity contribution in [1.29, 1.82) is 0 Å². The number of aromatic nitrogens is 1. The Kier molecular flexibility index (Phi) is 6.73. The molecule has 0 atom stereocenters. The van der Waals surface area contributed by atoms with Gasteiger partial charge in [0.15, 0.2) is 0 Å². The predicted octanol–water partition coefficient (Wildman–Crippen LogP) is 6.11. The Bertz CT molecular complexity index is 1010. The lowest BCUT2D eigenvalue weighted by Crippen LogP contribution is -2.12. The minimum Gasteiger partial charge on any atom is -0.480 e. The number of anilines is 1. The molecule has 0 amide bonds. The molecule has 0 spiro atoms. The van der Waals surface area contributed by atoms with E-state index in [-0.39, 0.29) is 6.54 Å². The molecular weight excluding hydrogens is 484 g/mol. The van der Waals surface area contributed by atoms with E-state index in [0.717, 1.165) is 50.7 Å². The van der Waals surface area contributed by atoms with E-state index in [1.807, 2.05) is 12.1 Å². The molecule has 0 aliphatic heterocycles. The number of carboxylic acid groups (broad SMARTS) is 1. The van der Waals surface area contributed by atoms with Crippen LogP contribution in [0, 0.1) is 6.92 Å². The fraction of sp³-hybridized carbons (Fsp3) is 0.273. The van der Waals surface area contributed by atoms with E-state index in [1.165, 1.54) is 16.5 Å². The molecule has 0 radical (unpaired) electrons. The first-order valence-electron chi connectivity index (χ1n) is 9.20. The van der Waals surface area contributed by atoms with Gasteiger partial charge in [0.25, 0.3) is 0 Å². The second-order valence-corrected chi connectivity index (χ2v) is 8.58. The van der Waals surface area contributed by atoms with Crippen LogP contribution in [0.3, 0.4) is 0 Å². The smallest absolute Gasteiger partial charge is 0.322 e. The highest BCUT2D eigenvalue weighted by atomic mass is 79.9. The molecule has 0 saturated heterocycles. The van der Waals surface area contributed by atoms with Crippen molar-refractivity contribution in [2.75, 3.05) is 11.9 Å². The van der Waals surface area contributed by atoms with Crippen LogP contribution in [0.2, 0.25) is 0 Å². The number of pyridine rings is 1. The van der Waals surface area contributed by atoms with E-state index in [1.54, 1.807) is 0 Å². The van der Waals surface area contributed by atoms with Crippen LogP contribution in [0.15, 0.2) is 45.3 Å². The monoisotopic (exact) mass is 504 g/mol. The third-order valence-corrected chi connectivity index (χ3v) is 6.02. The van der Waals surface area contributed by atoms with Gasteiger partial charge in [-0.2, -0.15) is 0 Å². The summed E-state index contributed by atoms with van der Waals surface area (Å²) in [6.45, 7) is 4.19. The molecule has 1 aromatic heterocycles. The van der Waals surface area contributed by atoms with Crippen LogP contribution in [0.5, 0.6) is 0 Å². The largest absolute Gasteiger partial charge is 0.480 e. The molecule has 0 fully saturated rings. The van der Waals surface area contributed by atoms with Gasteiger partial charge in [-0.3, -0.25) is 9.78 Å². The van der Waals surface area contributed by atoms with Crippen LogP contribution in [-0.4, -0.2) is 22.6 Å². The summed E-state index contributed by atoms with van der Waals surface area (Å²) >= 11 is 7.25. The summed E-state index contributed by atoms with van der Waals surface area (Å²) in [5.74, 6) is -0.890. The van der Waals surface area contributed by atoms with Crippen LogP contribution in [0.4, 0.5) is 5.69 Å². The number of carboxylic acids is 1. The topological polar surface area (TPSA) is 62.2 Å². The average Bonchev–Trinajstić information content (AvgIpc) is 2.63. The zero-order valence-electron chi connectivity index (χ0n) is 15.9. The Hall–Kier alpha value is -1.92. The van der Waals surface area contributed by atoms with E-state index in [9.17, 15) is 4.79 Å². The van der Waals surface area contributed by atoms with Crippen molar-refractivity contribution in [2.24, 2.45) is 0 Å². The molecule has 0 bridgehead atoms. The van der Waals surface area contributed by atoms with Crippen LogP contribution in [-0.2, 0) is 17.6 Å². The molecule has 0 unspecified atom stereocenters. The van der Waals surface area contributed by atoms with E-state index in [4.69, 9.17) is 10.1 Å². The lowest BCUT2D eigenvalue weighted by atomic mass is 10.00. The minimum absolute atomic E-state index is 0.116. The molecule has 3 rings (SSSR count).